The number of carbonyl (C=O) groups excluding carboxylic acids is 1. The van der Waals surface area contributed by atoms with Gasteiger partial charge < -0.3 is 10.2 Å². The average molecular weight is 384 g/mol. The summed E-state index contributed by atoms with van der Waals surface area (Å²) in [5.74, 6) is -1.27. The number of alkyl halides is 3. The molecule has 2 aromatic heterocycles. The van der Waals surface area contributed by atoms with E-state index in [-0.39, 0.29) is 30.2 Å². The summed E-state index contributed by atoms with van der Waals surface area (Å²) in [6.45, 7) is 8.84. The van der Waals surface area contributed by atoms with E-state index in [1.807, 2.05) is 18.7 Å². The zero-order chi connectivity index (χ0) is 19.9. The number of halogens is 3. The van der Waals surface area contributed by atoms with Gasteiger partial charge in [0, 0.05) is 43.0 Å². The molecular weight excluding hydrogens is 361 g/mol. The summed E-state index contributed by atoms with van der Waals surface area (Å²) in [7, 11) is 0. The van der Waals surface area contributed by atoms with Crippen molar-refractivity contribution in [3.8, 4) is 0 Å². The van der Waals surface area contributed by atoms with Gasteiger partial charge in [-0.25, -0.2) is 9.50 Å². The van der Waals surface area contributed by atoms with Gasteiger partial charge in [0.15, 0.2) is 0 Å². The third-order valence-corrected chi connectivity index (χ3v) is 5.25. The molecule has 3 heterocycles. The highest BCUT2D eigenvalue weighted by Gasteiger charge is 2.37. The first-order valence-electron chi connectivity index (χ1n) is 8.92. The van der Waals surface area contributed by atoms with Crippen molar-refractivity contribution in [1.82, 2.24) is 29.8 Å². The molecule has 0 spiro atoms. The van der Waals surface area contributed by atoms with Gasteiger partial charge in [-0.05, 0) is 39.7 Å². The Morgan fingerprint density at radius 3 is 2.63 bits per heavy atom. The molecule has 0 bridgehead atoms. The van der Waals surface area contributed by atoms with Crippen molar-refractivity contribution in [3.63, 3.8) is 0 Å². The van der Waals surface area contributed by atoms with E-state index in [0.29, 0.717) is 24.4 Å². The molecule has 1 N–H and O–H groups in total. The van der Waals surface area contributed by atoms with Crippen LogP contribution < -0.4 is 5.32 Å². The number of nitrogens with one attached hydrogen (secondary N) is 1. The van der Waals surface area contributed by atoms with Gasteiger partial charge in [-0.3, -0.25) is 4.79 Å². The van der Waals surface area contributed by atoms with Crippen LogP contribution in [0.15, 0.2) is 0 Å². The monoisotopic (exact) mass is 384 g/mol. The maximum absolute atomic E-state index is 12.9. The Balaban J connectivity index is 1.81. The van der Waals surface area contributed by atoms with Crippen LogP contribution in [-0.4, -0.2) is 55.6 Å². The lowest BCUT2D eigenvalue weighted by molar-refractivity contribution is -0.144. The van der Waals surface area contributed by atoms with Crippen molar-refractivity contribution in [2.45, 2.75) is 58.8 Å². The lowest BCUT2D eigenvalue weighted by Gasteiger charge is -2.38. The van der Waals surface area contributed by atoms with Crippen molar-refractivity contribution in [2.75, 3.05) is 13.1 Å². The van der Waals surface area contributed by atoms with E-state index < -0.39 is 12.0 Å². The van der Waals surface area contributed by atoms with Gasteiger partial charge in [0.05, 0.1) is 0 Å². The molecule has 27 heavy (non-hydrogen) atoms. The third-order valence-electron chi connectivity index (χ3n) is 5.25. The van der Waals surface area contributed by atoms with Gasteiger partial charge in [-0.2, -0.15) is 18.2 Å². The number of nitrogens with zero attached hydrogens (tertiary/aromatic N) is 5. The Bertz CT molecular complexity index is 862. The number of fused-ring (bicyclic) bond motifs is 1. The second-order valence-corrected chi connectivity index (χ2v) is 6.98. The highest BCUT2D eigenvalue weighted by molar-refractivity contribution is 5.77. The number of hydrogen-bond acceptors (Lipinski definition) is 5. The van der Waals surface area contributed by atoms with Gasteiger partial charge >= 0.3 is 6.18 Å². The zero-order valence-electron chi connectivity index (χ0n) is 15.8. The first kappa shape index (κ1) is 19.5. The number of piperazine rings is 1. The Morgan fingerprint density at radius 2 is 1.96 bits per heavy atom. The lowest BCUT2D eigenvalue weighted by atomic mass is 10.0. The molecule has 0 aliphatic carbocycles. The van der Waals surface area contributed by atoms with E-state index in [0.717, 1.165) is 16.6 Å². The maximum atomic E-state index is 12.9. The quantitative estimate of drug-likeness (QED) is 0.875. The van der Waals surface area contributed by atoms with Crippen molar-refractivity contribution >= 4 is 11.7 Å². The number of aromatic nitrogens is 4. The molecule has 1 saturated heterocycles. The highest BCUT2D eigenvalue weighted by Crippen LogP contribution is 2.27. The fourth-order valence-electron chi connectivity index (χ4n) is 3.47. The predicted molar refractivity (Wildman–Crippen MR) is 92.2 cm³/mol. The predicted octanol–water partition coefficient (Wildman–Crippen LogP) is 1.90. The number of rotatable bonds is 3. The molecule has 2 aromatic rings. The van der Waals surface area contributed by atoms with Crippen LogP contribution in [0.2, 0.25) is 0 Å². The van der Waals surface area contributed by atoms with Crippen LogP contribution >= 0.6 is 0 Å². The molecule has 1 aliphatic rings. The standard InChI is InChI=1S/C17H23F3N6O/c1-9-11(3)25(8-7-21-9)14(27)6-5-13-10(2)22-16-23-15(17(18,19)20)24-26(16)12(13)4/h9,11,21H,5-8H2,1-4H3. The lowest BCUT2D eigenvalue weighted by Crippen LogP contribution is -2.57. The first-order valence-corrected chi connectivity index (χ1v) is 8.92. The largest absolute Gasteiger partial charge is 0.453 e. The minimum Gasteiger partial charge on any atom is -0.337 e. The number of amides is 1. The fraction of sp³-hybridized carbons (Fsp3) is 0.647. The summed E-state index contributed by atoms with van der Waals surface area (Å²) in [6.07, 6.45) is -3.96. The highest BCUT2D eigenvalue weighted by atomic mass is 19.4. The van der Waals surface area contributed by atoms with Gasteiger partial charge in [0.1, 0.15) is 0 Å². The normalized spacial score (nSPS) is 21.1. The van der Waals surface area contributed by atoms with Crippen LogP contribution in [0.25, 0.3) is 5.78 Å². The smallest absolute Gasteiger partial charge is 0.337 e. The second-order valence-electron chi connectivity index (χ2n) is 6.98. The van der Waals surface area contributed by atoms with E-state index in [1.54, 1.807) is 13.8 Å². The first-order chi connectivity index (χ1) is 12.6. The molecule has 10 heteroatoms. The van der Waals surface area contributed by atoms with Gasteiger partial charge in [0.2, 0.25) is 5.91 Å². The SMILES string of the molecule is Cc1nc2nc(C(F)(F)F)nn2c(C)c1CCC(=O)N1CCNC(C)C1C. The molecule has 2 unspecified atom stereocenters. The van der Waals surface area contributed by atoms with Crippen LogP contribution in [0, 0.1) is 13.8 Å². The van der Waals surface area contributed by atoms with E-state index in [1.165, 1.54) is 0 Å². The summed E-state index contributed by atoms with van der Waals surface area (Å²) in [4.78, 5) is 22.1. The Kier molecular flexibility index (Phi) is 5.11. The topological polar surface area (TPSA) is 75.4 Å². The summed E-state index contributed by atoms with van der Waals surface area (Å²) < 4.78 is 39.7. The molecule has 1 amide bonds. The average Bonchev–Trinajstić information content (AvgIpc) is 3.01. The maximum Gasteiger partial charge on any atom is 0.453 e. The molecule has 0 radical (unpaired) electrons. The molecule has 3 rings (SSSR count). The van der Waals surface area contributed by atoms with Crippen molar-refractivity contribution in [3.05, 3.63) is 22.8 Å². The van der Waals surface area contributed by atoms with Crippen LogP contribution in [-0.2, 0) is 17.4 Å². The zero-order valence-corrected chi connectivity index (χ0v) is 15.8. The minimum absolute atomic E-state index is 0.0318. The Hall–Kier alpha value is -2.23. The second kappa shape index (κ2) is 7.06. The molecule has 148 valence electrons. The van der Waals surface area contributed by atoms with Gasteiger partial charge in [-0.15, -0.1) is 5.10 Å². The van der Waals surface area contributed by atoms with E-state index >= 15 is 0 Å². The summed E-state index contributed by atoms with van der Waals surface area (Å²) >= 11 is 0. The molecule has 0 saturated carbocycles. The van der Waals surface area contributed by atoms with E-state index in [2.05, 4.69) is 20.4 Å². The number of carbonyl (C=O) groups is 1. The van der Waals surface area contributed by atoms with E-state index in [4.69, 9.17) is 0 Å². The van der Waals surface area contributed by atoms with Crippen LogP contribution in [0.1, 0.15) is 43.0 Å². The van der Waals surface area contributed by atoms with Crippen molar-refractivity contribution in [2.24, 2.45) is 0 Å². The summed E-state index contributed by atoms with van der Waals surface area (Å²) in [6, 6.07) is 0.318. The molecular formula is C17H23F3N6O. The van der Waals surface area contributed by atoms with Crippen molar-refractivity contribution < 1.29 is 18.0 Å². The van der Waals surface area contributed by atoms with Crippen molar-refractivity contribution in [1.29, 1.82) is 0 Å². The minimum atomic E-state index is -4.63. The number of hydrogen-bond donors (Lipinski definition) is 1. The summed E-state index contributed by atoms with van der Waals surface area (Å²) in [5.41, 5.74) is 1.82. The van der Waals surface area contributed by atoms with Gasteiger partial charge in [0.25, 0.3) is 11.6 Å². The van der Waals surface area contributed by atoms with E-state index in [9.17, 15) is 18.0 Å². The van der Waals surface area contributed by atoms with Crippen LogP contribution in [0.5, 0.6) is 0 Å². The summed E-state index contributed by atoms with van der Waals surface area (Å²) in [5, 5.41) is 6.87. The fourth-order valence-corrected chi connectivity index (χ4v) is 3.47. The van der Waals surface area contributed by atoms with Crippen LogP contribution in [0.4, 0.5) is 13.2 Å². The van der Waals surface area contributed by atoms with Crippen LogP contribution in [0.3, 0.4) is 0 Å². The van der Waals surface area contributed by atoms with Gasteiger partial charge in [-0.1, -0.05) is 0 Å². The molecule has 2 atom stereocenters. The Morgan fingerprint density at radius 1 is 1.26 bits per heavy atom. The molecule has 0 aromatic carbocycles. The molecule has 1 fully saturated rings. The Labute approximate surface area is 155 Å². The molecule has 7 nitrogen and oxygen atoms in total. The third kappa shape index (κ3) is 3.76. The number of aryl methyl sites for hydroxylation is 2. The molecule has 1 aliphatic heterocycles.